The highest BCUT2D eigenvalue weighted by Crippen LogP contribution is 2.33. The molecule has 1 unspecified atom stereocenters. The molecule has 3 heterocycles. The molecule has 1 fully saturated rings. The molecule has 9 nitrogen and oxygen atoms in total. The molecule has 0 radical (unpaired) electrons. The van der Waals surface area contributed by atoms with Crippen LogP contribution in [0.2, 0.25) is 5.02 Å². The molecule has 1 saturated heterocycles. The summed E-state index contributed by atoms with van der Waals surface area (Å²) in [4.78, 5) is 43.3. The first-order valence-corrected chi connectivity index (χ1v) is 13.4. The van der Waals surface area contributed by atoms with Crippen LogP contribution in [0, 0.1) is 5.92 Å². The van der Waals surface area contributed by atoms with Crippen molar-refractivity contribution in [3.63, 3.8) is 0 Å². The number of nitrogens with zero attached hydrogens (tertiary/aromatic N) is 2. The lowest BCUT2D eigenvalue weighted by molar-refractivity contribution is -0.144. The monoisotopic (exact) mass is 554 g/mol. The summed E-state index contributed by atoms with van der Waals surface area (Å²) >= 11 is 6.12. The number of hydrogen-bond donors (Lipinski definition) is 0. The lowest BCUT2D eigenvalue weighted by Crippen LogP contribution is -2.46. The van der Waals surface area contributed by atoms with Crippen molar-refractivity contribution in [1.29, 1.82) is 0 Å². The lowest BCUT2D eigenvalue weighted by Gasteiger charge is -2.30. The predicted molar refractivity (Wildman–Crippen MR) is 145 cm³/mol. The molecule has 2 aliphatic heterocycles. The number of ether oxygens (including phenoxy) is 3. The standard InChI is InChI=1S/C29H31ClN2O7/c1-18(2)29(35)32(14-22-4-3-9-36-22)15-27(33)31(12-19-5-7-25-26(10-19)39-17-38-25)13-20-16-37-24-8-6-21(30)11-23(24)28(20)34/h5-8,10-11,16,18,22H,3-4,9,12-15,17H2,1-2H3. The Balaban J connectivity index is 1.44. The minimum absolute atomic E-state index is 0.0122. The Bertz CT molecular complexity index is 1430. The number of fused-ring (bicyclic) bond motifs is 2. The van der Waals surface area contributed by atoms with Crippen molar-refractivity contribution in [2.24, 2.45) is 5.92 Å². The summed E-state index contributed by atoms with van der Waals surface area (Å²) < 4.78 is 22.4. The zero-order chi connectivity index (χ0) is 27.5. The minimum Gasteiger partial charge on any atom is -0.464 e. The maximum absolute atomic E-state index is 13.8. The number of carbonyl (C=O) groups is 2. The van der Waals surface area contributed by atoms with E-state index in [1.807, 2.05) is 26.0 Å². The second kappa shape index (κ2) is 11.7. The molecule has 2 amide bonds. The third kappa shape index (κ3) is 6.20. The quantitative estimate of drug-likeness (QED) is 0.387. The summed E-state index contributed by atoms with van der Waals surface area (Å²) in [6.45, 7) is 4.80. The molecular weight excluding hydrogens is 524 g/mol. The molecule has 0 spiro atoms. The van der Waals surface area contributed by atoms with Crippen molar-refractivity contribution in [2.75, 3.05) is 26.5 Å². The fourth-order valence-corrected chi connectivity index (χ4v) is 5.02. The van der Waals surface area contributed by atoms with E-state index < -0.39 is 0 Å². The van der Waals surface area contributed by atoms with E-state index in [2.05, 4.69) is 0 Å². The second-order valence-corrected chi connectivity index (χ2v) is 10.6. The minimum atomic E-state index is -0.301. The van der Waals surface area contributed by atoms with Crippen LogP contribution < -0.4 is 14.9 Å². The molecule has 0 aliphatic carbocycles. The van der Waals surface area contributed by atoms with Crippen LogP contribution in [0.25, 0.3) is 11.0 Å². The number of amides is 2. The molecule has 3 aromatic rings. The SMILES string of the molecule is CC(C)C(=O)N(CC(=O)N(Cc1ccc2c(c1)OCO2)Cc1coc2ccc(Cl)cc2c1=O)CC1CCCO1. The van der Waals surface area contributed by atoms with Crippen molar-refractivity contribution in [2.45, 2.75) is 45.9 Å². The van der Waals surface area contributed by atoms with Crippen molar-refractivity contribution in [3.05, 3.63) is 69.0 Å². The van der Waals surface area contributed by atoms with Gasteiger partial charge in [-0.1, -0.05) is 31.5 Å². The van der Waals surface area contributed by atoms with E-state index >= 15 is 0 Å². The molecule has 2 aliphatic rings. The highest BCUT2D eigenvalue weighted by Gasteiger charge is 2.28. The lowest BCUT2D eigenvalue weighted by atomic mass is 10.1. The average Bonchev–Trinajstić information content (AvgIpc) is 3.61. The summed E-state index contributed by atoms with van der Waals surface area (Å²) in [5.41, 5.74) is 1.24. The first kappa shape index (κ1) is 27.0. The van der Waals surface area contributed by atoms with E-state index in [9.17, 15) is 14.4 Å². The molecule has 0 bridgehead atoms. The third-order valence-corrected chi connectivity index (χ3v) is 7.15. The fraction of sp³-hybridized carbons (Fsp3) is 0.414. The zero-order valence-corrected chi connectivity index (χ0v) is 22.7. The van der Waals surface area contributed by atoms with Crippen LogP contribution in [-0.4, -0.2) is 54.2 Å². The number of benzene rings is 2. The average molecular weight is 555 g/mol. The van der Waals surface area contributed by atoms with Gasteiger partial charge in [0.15, 0.2) is 16.9 Å². The topological polar surface area (TPSA) is 98.5 Å². The van der Waals surface area contributed by atoms with E-state index in [1.165, 1.54) is 6.26 Å². The van der Waals surface area contributed by atoms with Crippen LogP contribution in [0.3, 0.4) is 0 Å². The number of hydrogen-bond acceptors (Lipinski definition) is 7. The highest BCUT2D eigenvalue weighted by atomic mass is 35.5. The summed E-state index contributed by atoms with van der Waals surface area (Å²) in [5, 5.41) is 0.752. The summed E-state index contributed by atoms with van der Waals surface area (Å²) in [6, 6.07) is 10.3. The van der Waals surface area contributed by atoms with E-state index in [4.69, 9.17) is 30.2 Å². The Morgan fingerprint density at radius 1 is 1.05 bits per heavy atom. The molecule has 0 N–H and O–H groups in total. The van der Waals surface area contributed by atoms with Crippen LogP contribution in [-0.2, 0) is 27.4 Å². The van der Waals surface area contributed by atoms with Crippen LogP contribution in [0.15, 0.2) is 51.9 Å². The second-order valence-electron chi connectivity index (χ2n) is 10.2. The van der Waals surface area contributed by atoms with Gasteiger partial charge in [-0.05, 0) is 48.7 Å². The Morgan fingerprint density at radius 2 is 1.87 bits per heavy atom. The molecular formula is C29H31ClN2O7. The summed E-state index contributed by atoms with van der Waals surface area (Å²) in [6.07, 6.45) is 3.06. The normalized spacial score (nSPS) is 16.2. The molecule has 0 saturated carbocycles. The largest absolute Gasteiger partial charge is 0.464 e. The number of rotatable bonds is 9. The predicted octanol–water partition coefficient (Wildman–Crippen LogP) is 4.37. The summed E-state index contributed by atoms with van der Waals surface area (Å²) in [5.74, 6) is 0.523. The van der Waals surface area contributed by atoms with Crippen molar-refractivity contribution < 1.29 is 28.2 Å². The Hall–Kier alpha value is -3.56. The van der Waals surface area contributed by atoms with Crippen molar-refractivity contribution in [3.8, 4) is 11.5 Å². The van der Waals surface area contributed by atoms with Gasteiger partial charge in [-0.15, -0.1) is 0 Å². The van der Waals surface area contributed by atoms with Gasteiger partial charge in [0.25, 0.3) is 0 Å². The van der Waals surface area contributed by atoms with Crippen LogP contribution in [0.5, 0.6) is 11.5 Å². The van der Waals surface area contributed by atoms with Crippen LogP contribution >= 0.6 is 11.6 Å². The van der Waals surface area contributed by atoms with Gasteiger partial charge in [0.1, 0.15) is 5.58 Å². The Kier molecular flexibility index (Phi) is 8.09. The first-order valence-electron chi connectivity index (χ1n) is 13.0. The highest BCUT2D eigenvalue weighted by molar-refractivity contribution is 6.31. The first-order chi connectivity index (χ1) is 18.8. The van der Waals surface area contributed by atoms with Crippen molar-refractivity contribution in [1.82, 2.24) is 9.80 Å². The third-order valence-electron chi connectivity index (χ3n) is 6.91. The maximum atomic E-state index is 13.8. The number of carbonyl (C=O) groups excluding carboxylic acids is 2. The van der Waals surface area contributed by atoms with Gasteiger partial charge in [-0.3, -0.25) is 14.4 Å². The van der Waals surface area contributed by atoms with E-state index in [-0.39, 0.29) is 55.7 Å². The van der Waals surface area contributed by atoms with Crippen LogP contribution in [0.4, 0.5) is 0 Å². The van der Waals surface area contributed by atoms with Gasteiger partial charge in [0, 0.05) is 30.6 Å². The van der Waals surface area contributed by atoms with E-state index in [1.54, 1.807) is 34.1 Å². The molecule has 206 valence electrons. The van der Waals surface area contributed by atoms with E-state index in [0.717, 1.165) is 18.4 Å². The Morgan fingerprint density at radius 3 is 2.64 bits per heavy atom. The van der Waals surface area contributed by atoms with Crippen LogP contribution in [0.1, 0.15) is 37.8 Å². The van der Waals surface area contributed by atoms with Gasteiger partial charge in [-0.2, -0.15) is 0 Å². The maximum Gasteiger partial charge on any atom is 0.242 e. The van der Waals surface area contributed by atoms with Crippen molar-refractivity contribution >= 4 is 34.4 Å². The number of halogens is 1. The molecule has 1 atom stereocenters. The zero-order valence-electron chi connectivity index (χ0n) is 22.0. The molecule has 39 heavy (non-hydrogen) atoms. The Labute approximate surface area is 231 Å². The molecule has 5 rings (SSSR count). The molecule has 2 aromatic carbocycles. The van der Waals surface area contributed by atoms with E-state index in [0.29, 0.717) is 46.2 Å². The van der Waals surface area contributed by atoms with Gasteiger partial charge in [0.05, 0.1) is 36.4 Å². The van der Waals surface area contributed by atoms with Gasteiger partial charge in [-0.25, -0.2) is 0 Å². The molecule has 10 heteroatoms. The summed E-state index contributed by atoms with van der Waals surface area (Å²) in [7, 11) is 0. The fourth-order valence-electron chi connectivity index (χ4n) is 4.85. The molecule has 1 aromatic heterocycles. The van der Waals surface area contributed by atoms with Gasteiger partial charge in [0.2, 0.25) is 18.6 Å². The van der Waals surface area contributed by atoms with Gasteiger partial charge >= 0.3 is 0 Å². The smallest absolute Gasteiger partial charge is 0.242 e. The van der Waals surface area contributed by atoms with Gasteiger partial charge < -0.3 is 28.4 Å².